The predicted molar refractivity (Wildman–Crippen MR) is 21.6 cm³/mol. The third-order valence-corrected chi connectivity index (χ3v) is 0.158. The largest absolute Gasteiger partial charge is 0.197 e. The second-order valence-electron chi connectivity index (χ2n) is 0.493. The van der Waals surface area contributed by atoms with Crippen molar-refractivity contribution in [2.45, 2.75) is 6.42 Å². The molecule has 25 valence electrons. The van der Waals surface area contributed by atoms with Gasteiger partial charge in [-0.25, -0.2) is 0 Å². The second-order valence-corrected chi connectivity index (χ2v) is 0.493. The summed E-state index contributed by atoms with van der Waals surface area (Å²) < 4.78 is 0. The van der Waals surface area contributed by atoms with Gasteiger partial charge in [0.25, 0.3) is 0 Å². The Labute approximate surface area is 58.7 Å². The van der Waals surface area contributed by atoms with Gasteiger partial charge in [-0.3, -0.25) is 0 Å². The predicted octanol–water partition coefficient (Wildman–Crippen LogP) is 0.0429. The Morgan fingerprint density at radius 3 is 1.50 bits per heavy atom. The zero-order valence-electron chi connectivity index (χ0n) is 3.60. The average molecular weight is 89.1 g/mol. The zero-order chi connectivity index (χ0) is 4.12. The van der Waals surface area contributed by atoms with Gasteiger partial charge < -0.3 is 0 Å². The van der Waals surface area contributed by atoms with Crippen LogP contribution in [0.15, 0.2) is 0 Å². The molecular formula is C3H2N2Na. The van der Waals surface area contributed by atoms with Crippen LogP contribution >= 0.6 is 0 Å². The van der Waals surface area contributed by atoms with Crippen LogP contribution < -0.4 is 0 Å². The Hall–Kier alpha value is -0.0200. The number of hydrogen-bond acceptors (Lipinski definition) is 2. The molecular weight excluding hydrogens is 87.0 g/mol. The van der Waals surface area contributed by atoms with Crippen molar-refractivity contribution in [3.63, 3.8) is 0 Å². The number of nitrogens with zero attached hydrogens (tertiary/aromatic N) is 2. The van der Waals surface area contributed by atoms with E-state index >= 15 is 0 Å². The molecule has 0 atom stereocenters. The molecule has 3 heteroatoms. The molecule has 0 aliphatic heterocycles. The van der Waals surface area contributed by atoms with E-state index in [2.05, 4.69) is 0 Å². The van der Waals surface area contributed by atoms with Crippen LogP contribution in [-0.4, -0.2) is 29.6 Å². The van der Waals surface area contributed by atoms with E-state index in [4.69, 9.17) is 10.5 Å². The molecule has 0 spiro atoms. The van der Waals surface area contributed by atoms with Crippen molar-refractivity contribution in [1.82, 2.24) is 0 Å². The monoisotopic (exact) mass is 89.0 g/mol. The summed E-state index contributed by atoms with van der Waals surface area (Å²) in [4.78, 5) is 0. The molecule has 0 aromatic rings. The van der Waals surface area contributed by atoms with Crippen LogP contribution in [0.4, 0.5) is 0 Å². The molecule has 0 bridgehead atoms. The van der Waals surface area contributed by atoms with Crippen LogP contribution in [0.2, 0.25) is 0 Å². The summed E-state index contributed by atoms with van der Waals surface area (Å²) in [7, 11) is 0. The van der Waals surface area contributed by atoms with Crippen LogP contribution in [0.3, 0.4) is 0 Å². The molecule has 0 aliphatic rings. The number of nitriles is 2. The molecule has 0 unspecified atom stereocenters. The summed E-state index contributed by atoms with van der Waals surface area (Å²) in [5, 5.41) is 15.2. The van der Waals surface area contributed by atoms with E-state index in [0.29, 0.717) is 0 Å². The number of hydrogen-bond donors (Lipinski definition) is 0. The Morgan fingerprint density at radius 2 is 1.50 bits per heavy atom. The Balaban J connectivity index is 0. The van der Waals surface area contributed by atoms with Crippen molar-refractivity contribution >= 4 is 29.6 Å². The van der Waals surface area contributed by atoms with E-state index in [1.54, 1.807) is 12.1 Å². The molecule has 0 aliphatic carbocycles. The number of rotatable bonds is 0. The zero-order valence-corrected chi connectivity index (χ0v) is 5.60. The van der Waals surface area contributed by atoms with Gasteiger partial charge in [0.1, 0.15) is 6.42 Å². The van der Waals surface area contributed by atoms with Crippen molar-refractivity contribution < 1.29 is 0 Å². The minimum absolute atomic E-state index is 0. The fraction of sp³-hybridized carbons (Fsp3) is 0.333. The maximum absolute atomic E-state index is 7.59. The molecule has 0 N–H and O–H groups in total. The van der Waals surface area contributed by atoms with Crippen LogP contribution in [0.1, 0.15) is 6.42 Å². The maximum Gasteiger partial charge on any atom is 0.122 e. The smallest absolute Gasteiger partial charge is 0.122 e. The SMILES string of the molecule is N#CCC#N.[Na]. The third-order valence-electron chi connectivity index (χ3n) is 0.158. The molecule has 0 amide bonds. The van der Waals surface area contributed by atoms with E-state index in [-0.39, 0.29) is 36.0 Å². The van der Waals surface area contributed by atoms with Gasteiger partial charge in [-0.2, -0.15) is 10.5 Å². The summed E-state index contributed by atoms with van der Waals surface area (Å²) in [5.74, 6) is 0. The first kappa shape index (κ1) is 9.36. The first-order chi connectivity index (χ1) is 2.41. The molecule has 0 saturated carbocycles. The first-order valence-electron chi connectivity index (χ1n) is 1.15. The molecule has 0 heterocycles. The molecule has 2 nitrogen and oxygen atoms in total. The van der Waals surface area contributed by atoms with E-state index in [9.17, 15) is 0 Å². The summed E-state index contributed by atoms with van der Waals surface area (Å²) in [5.41, 5.74) is 0. The Bertz CT molecular complexity index is 73.9. The van der Waals surface area contributed by atoms with Crippen molar-refractivity contribution in [3.05, 3.63) is 0 Å². The van der Waals surface area contributed by atoms with E-state index < -0.39 is 0 Å². The summed E-state index contributed by atoms with van der Waals surface area (Å²) in [6, 6.07) is 3.31. The van der Waals surface area contributed by atoms with Crippen LogP contribution in [-0.2, 0) is 0 Å². The average Bonchev–Trinajstić information content (AvgIpc) is 1.41. The van der Waals surface area contributed by atoms with Gasteiger partial charge in [0.15, 0.2) is 0 Å². The molecule has 0 aromatic carbocycles. The van der Waals surface area contributed by atoms with Gasteiger partial charge in [0.05, 0.1) is 12.1 Å². The van der Waals surface area contributed by atoms with Crippen molar-refractivity contribution in [3.8, 4) is 12.1 Å². The quantitative estimate of drug-likeness (QED) is 0.393. The van der Waals surface area contributed by atoms with Crippen molar-refractivity contribution in [2.75, 3.05) is 0 Å². The van der Waals surface area contributed by atoms with Crippen LogP contribution in [0.5, 0.6) is 0 Å². The van der Waals surface area contributed by atoms with Gasteiger partial charge in [-0.15, -0.1) is 0 Å². The second kappa shape index (κ2) is 8.88. The van der Waals surface area contributed by atoms with Crippen LogP contribution in [0, 0.1) is 22.7 Å². The summed E-state index contributed by atoms with van der Waals surface area (Å²) in [6.07, 6.45) is 0. The van der Waals surface area contributed by atoms with Gasteiger partial charge in [0, 0.05) is 29.6 Å². The first-order valence-corrected chi connectivity index (χ1v) is 1.15. The Kier molecular flexibility index (Phi) is 13.9. The van der Waals surface area contributed by atoms with Gasteiger partial charge >= 0.3 is 0 Å². The van der Waals surface area contributed by atoms with Gasteiger partial charge in [-0.1, -0.05) is 0 Å². The topological polar surface area (TPSA) is 47.6 Å². The molecule has 1 radical (unpaired) electrons. The van der Waals surface area contributed by atoms with Gasteiger partial charge in [-0.05, 0) is 0 Å². The maximum atomic E-state index is 7.59. The summed E-state index contributed by atoms with van der Waals surface area (Å²) in [6.45, 7) is 0. The summed E-state index contributed by atoms with van der Waals surface area (Å²) >= 11 is 0. The fourth-order valence-electron chi connectivity index (χ4n) is 0.0354. The van der Waals surface area contributed by atoms with Crippen molar-refractivity contribution in [1.29, 1.82) is 10.5 Å². The fourth-order valence-corrected chi connectivity index (χ4v) is 0.0354. The van der Waals surface area contributed by atoms with Gasteiger partial charge in [0.2, 0.25) is 0 Å². The standard InChI is InChI=1S/C3H2N2.Na/c4-2-1-3-5;/h1H2;. The minimum atomic E-state index is 0. The molecule has 0 fully saturated rings. The minimum Gasteiger partial charge on any atom is -0.197 e. The third kappa shape index (κ3) is 9.02. The van der Waals surface area contributed by atoms with E-state index in [1.165, 1.54) is 0 Å². The molecule has 0 saturated heterocycles. The molecule has 6 heavy (non-hydrogen) atoms. The van der Waals surface area contributed by atoms with Crippen molar-refractivity contribution in [2.24, 2.45) is 0 Å². The van der Waals surface area contributed by atoms with E-state index in [1.807, 2.05) is 0 Å². The Morgan fingerprint density at radius 1 is 1.17 bits per heavy atom. The molecule has 0 aromatic heterocycles. The van der Waals surface area contributed by atoms with Crippen LogP contribution in [0.25, 0.3) is 0 Å². The normalized spacial score (nSPS) is 3.67. The molecule has 0 rings (SSSR count). The van der Waals surface area contributed by atoms with E-state index in [0.717, 1.165) is 0 Å².